The average molecular weight is 267 g/mol. The van der Waals surface area contributed by atoms with Crippen molar-refractivity contribution in [3.05, 3.63) is 11.6 Å². The van der Waals surface area contributed by atoms with Crippen molar-refractivity contribution in [2.75, 3.05) is 13.2 Å². The molecule has 0 aliphatic heterocycles. The molecule has 1 N–H and O–H groups in total. The first-order valence-corrected chi connectivity index (χ1v) is 8.06. The largest absolute Gasteiger partial charge is 0.373 e. The fraction of sp³-hybridized carbons (Fsp3) is 0.882. The highest BCUT2D eigenvalue weighted by molar-refractivity contribution is 5.11. The summed E-state index contributed by atoms with van der Waals surface area (Å²) in [5, 5.41) is 3.71. The van der Waals surface area contributed by atoms with E-state index in [2.05, 4.69) is 46.0 Å². The highest BCUT2D eigenvalue weighted by Gasteiger charge is 2.40. The molecule has 0 aromatic carbocycles. The minimum Gasteiger partial charge on any atom is -0.373 e. The van der Waals surface area contributed by atoms with Crippen molar-refractivity contribution in [3.63, 3.8) is 0 Å². The van der Waals surface area contributed by atoms with Crippen molar-refractivity contribution in [1.29, 1.82) is 0 Å². The maximum absolute atomic E-state index is 6.27. The summed E-state index contributed by atoms with van der Waals surface area (Å²) < 4.78 is 6.27. The number of rotatable bonds is 7. The minimum absolute atomic E-state index is 0.0215. The molecule has 2 nitrogen and oxygen atoms in total. The zero-order chi connectivity index (χ0) is 14.3. The fourth-order valence-corrected chi connectivity index (χ4v) is 3.11. The van der Waals surface area contributed by atoms with Crippen molar-refractivity contribution in [2.24, 2.45) is 5.92 Å². The Bertz CT molecular complexity index is 273. The molecule has 0 amide bonds. The van der Waals surface area contributed by atoms with Crippen LogP contribution in [0.15, 0.2) is 11.6 Å². The van der Waals surface area contributed by atoms with E-state index in [1.54, 1.807) is 0 Å². The molecule has 0 spiro atoms. The fourth-order valence-electron chi connectivity index (χ4n) is 3.11. The molecule has 0 heterocycles. The molecular weight excluding hydrogens is 234 g/mol. The van der Waals surface area contributed by atoms with Crippen molar-refractivity contribution in [2.45, 2.75) is 78.4 Å². The van der Waals surface area contributed by atoms with Gasteiger partial charge in [0.1, 0.15) is 0 Å². The first-order valence-electron chi connectivity index (χ1n) is 8.06. The lowest BCUT2D eigenvalue weighted by molar-refractivity contribution is -0.0863. The molecule has 2 heteroatoms. The number of hydrogen-bond donors (Lipinski definition) is 1. The third-order valence-electron chi connectivity index (χ3n) is 4.23. The number of nitrogens with one attached hydrogen (secondary N) is 1. The topological polar surface area (TPSA) is 21.3 Å². The van der Waals surface area contributed by atoms with Gasteiger partial charge < -0.3 is 10.1 Å². The van der Waals surface area contributed by atoms with Crippen molar-refractivity contribution in [1.82, 2.24) is 5.32 Å². The van der Waals surface area contributed by atoms with Crippen molar-refractivity contribution >= 4 is 0 Å². The second kappa shape index (κ2) is 8.06. The van der Waals surface area contributed by atoms with Crippen LogP contribution in [0.5, 0.6) is 0 Å². The molecule has 1 aliphatic rings. The summed E-state index contributed by atoms with van der Waals surface area (Å²) in [4.78, 5) is 0. The highest BCUT2D eigenvalue weighted by atomic mass is 16.5. The molecule has 0 aromatic heterocycles. The first kappa shape index (κ1) is 16.7. The Morgan fingerprint density at radius 3 is 2.42 bits per heavy atom. The van der Waals surface area contributed by atoms with Crippen LogP contribution in [0.25, 0.3) is 0 Å². The predicted octanol–water partition coefficient (Wildman–Crippen LogP) is 4.31. The van der Waals surface area contributed by atoms with E-state index in [1.807, 2.05) is 0 Å². The van der Waals surface area contributed by atoms with Gasteiger partial charge >= 0.3 is 0 Å². The molecule has 112 valence electrons. The normalized spacial score (nSPS) is 29.0. The van der Waals surface area contributed by atoms with Gasteiger partial charge in [-0.25, -0.2) is 0 Å². The van der Waals surface area contributed by atoms with Gasteiger partial charge in [0, 0.05) is 6.61 Å². The van der Waals surface area contributed by atoms with Crippen LogP contribution in [0.1, 0.15) is 66.7 Å². The minimum atomic E-state index is 0.0215. The zero-order valence-corrected chi connectivity index (χ0v) is 13.6. The Morgan fingerprint density at radius 1 is 1.32 bits per heavy atom. The molecule has 1 unspecified atom stereocenters. The summed E-state index contributed by atoms with van der Waals surface area (Å²) in [6, 6.07) is 0.366. The number of hydrogen-bond acceptors (Lipinski definition) is 2. The summed E-state index contributed by atoms with van der Waals surface area (Å²) in [6.45, 7) is 13.0. The smallest absolute Gasteiger partial charge is 0.0870 e. The van der Waals surface area contributed by atoms with Crippen LogP contribution in [-0.4, -0.2) is 24.8 Å². The van der Waals surface area contributed by atoms with Gasteiger partial charge in [0.05, 0.1) is 11.6 Å². The van der Waals surface area contributed by atoms with E-state index in [0.717, 1.165) is 19.1 Å². The van der Waals surface area contributed by atoms with Gasteiger partial charge in [0.15, 0.2) is 0 Å². The SMILES string of the molecule is CCCNC(C=C(C)C)C1(OCC)CCC(C)CC1. The Balaban J connectivity index is 2.87. The number of ether oxygens (including phenoxy) is 1. The van der Waals surface area contributed by atoms with Gasteiger partial charge in [-0.05, 0) is 65.3 Å². The van der Waals surface area contributed by atoms with Gasteiger partial charge in [0.25, 0.3) is 0 Å². The molecule has 1 rings (SSSR count). The second-order valence-electron chi connectivity index (χ2n) is 6.36. The van der Waals surface area contributed by atoms with Crippen molar-refractivity contribution in [3.8, 4) is 0 Å². The number of allylic oxidation sites excluding steroid dienone is 1. The summed E-state index contributed by atoms with van der Waals surface area (Å²) >= 11 is 0. The Morgan fingerprint density at radius 2 is 1.95 bits per heavy atom. The second-order valence-corrected chi connectivity index (χ2v) is 6.36. The van der Waals surface area contributed by atoms with Gasteiger partial charge in [-0.3, -0.25) is 0 Å². The lowest BCUT2D eigenvalue weighted by atomic mass is 9.74. The lowest BCUT2D eigenvalue weighted by Crippen LogP contribution is -2.53. The zero-order valence-electron chi connectivity index (χ0n) is 13.6. The van der Waals surface area contributed by atoms with E-state index in [-0.39, 0.29) is 5.60 Å². The van der Waals surface area contributed by atoms with Gasteiger partial charge in [-0.1, -0.05) is 25.5 Å². The van der Waals surface area contributed by atoms with E-state index >= 15 is 0 Å². The van der Waals surface area contributed by atoms with Crippen LogP contribution in [0.3, 0.4) is 0 Å². The molecule has 1 atom stereocenters. The third kappa shape index (κ3) is 4.92. The Hall–Kier alpha value is -0.340. The molecule has 1 saturated carbocycles. The van der Waals surface area contributed by atoms with E-state index in [9.17, 15) is 0 Å². The van der Waals surface area contributed by atoms with Crippen LogP contribution in [0.4, 0.5) is 0 Å². The molecule has 19 heavy (non-hydrogen) atoms. The quantitative estimate of drug-likeness (QED) is 0.694. The van der Waals surface area contributed by atoms with Gasteiger partial charge in [-0.15, -0.1) is 0 Å². The standard InChI is InChI=1S/C17H33NO/c1-6-12-18-16(13-14(3)4)17(19-7-2)10-8-15(5)9-11-17/h13,15-16,18H,6-12H2,1-5H3. The van der Waals surface area contributed by atoms with Crippen LogP contribution in [-0.2, 0) is 4.74 Å². The van der Waals surface area contributed by atoms with Crippen LogP contribution in [0.2, 0.25) is 0 Å². The molecule has 1 fully saturated rings. The highest BCUT2D eigenvalue weighted by Crippen LogP contribution is 2.38. The molecular formula is C17H33NO. The van der Waals surface area contributed by atoms with Gasteiger partial charge in [0.2, 0.25) is 0 Å². The van der Waals surface area contributed by atoms with Crippen LogP contribution < -0.4 is 5.32 Å². The summed E-state index contributed by atoms with van der Waals surface area (Å²) in [6.07, 6.45) is 8.51. The lowest BCUT2D eigenvalue weighted by Gasteiger charge is -2.44. The van der Waals surface area contributed by atoms with E-state index in [4.69, 9.17) is 4.74 Å². The Kier molecular flexibility index (Phi) is 7.09. The van der Waals surface area contributed by atoms with Crippen molar-refractivity contribution < 1.29 is 4.74 Å². The molecule has 1 aliphatic carbocycles. The van der Waals surface area contributed by atoms with E-state index in [0.29, 0.717) is 6.04 Å². The van der Waals surface area contributed by atoms with E-state index < -0.39 is 0 Å². The maximum atomic E-state index is 6.27. The molecule has 0 bridgehead atoms. The maximum Gasteiger partial charge on any atom is 0.0870 e. The Labute approximate surface area is 120 Å². The van der Waals surface area contributed by atoms with Gasteiger partial charge in [-0.2, -0.15) is 0 Å². The predicted molar refractivity (Wildman–Crippen MR) is 83.5 cm³/mol. The van der Waals surface area contributed by atoms with E-state index in [1.165, 1.54) is 37.7 Å². The summed E-state index contributed by atoms with van der Waals surface area (Å²) in [7, 11) is 0. The molecule has 0 radical (unpaired) electrons. The van der Waals surface area contributed by atoms with Crippen LogP contribution >= 0.6 is 0 Å². The first-order chi connectivity index (χ1) is 9.04. The van der Waals surface area contributed by atoms with Crippen LogP contribution in [0, 0.1) is 5.92 Å². The molecule has 0 saturated heterocycles. The average Bonchev–Trinajstić information content (AvgIpc) is 2.37. The summed E-state index contributed by atoms with van der Waals surface area (Å²) in [5.41, 5.74) is 1.40. The monoisotopic (exact) mass is 267 g/mol. The third-order valence-corrected chi connectivity index (χ3v) is 4.23. The summed E-state index contributed by atoms with van der Waals surface area (Å²) in [5.74, 6) is 0.854. The molecule has 0 aromatic rings.